The lowest BCUT2D eigenvalue weighted by atomic mass is 10.0. The maximum Gasteiger partial charge on any atom is 0.136 e. The largest absolute Gasteiger partial charge is 0.369 e. The van der Waals surface area contributed by atoms with Crippen LogP contribution < -0.4 is 4.90 Å². The van der Waals surface area contributed by atoms with Gasteiger partial charge in [0.25, 0.3) is 0 Å². The number of hydrogen-bond donors (Lipinski definition) is 0. The lowest BCUT2D eigenvalue weighted by Gasteiger charge is -2.44. The predicted molar refractivity (Wildman–Crippen MR) is 127 cm³/mol. The molecule has 162 valence electrons. The van der Waals surface area contributed by atoms with Gasteiger partial charge in [0, 0.05) is 69.1 Å². The average molecular weight is 416 g/mol. The molecule has 2 fully saturated rings. The maximum absolute atomic E-state index is 4.53. The molecular weight excluding hydrogens is 382 g/mol. The van der Waals surface area contributed by atoms with Crippen molar-refractivity contribution in [3.8, 4) is 5.82 Å². The van der Waals surface area contributed by atoms with Gasteiger partial charge in [-0.25, -0.2) is 4.98 Å². The van der Waals surface area contributed by atoms with Crippen molar-refractivity contribution < 1.29 is 0 Å². The van der Waals surface area contributed by atoms with Crippen molar-refractivity contribution in [3.05, 3.63) is 78.2 Å². The van der Waals surface area contributed by atoms with Crippen LogP contribution in [0.4, 0.5) is 5.69 Å². The van der Waals surface area contributed by atoms with Crippen LogP contribution in [0.15, 0.2) is 67.0 Å². The summed E-state index contributed by atoms with van der Waals surface area (Å²) in [6, 6.07) is 19.9. The number of rotatable bonds is 5. The lowest BCUT2D eigenvalue weighted by Crippen LogP contribution is -2.55. The minimum Gasteiger partial charge on any atom is -0.369 e. The number of aromatic nitrogens is 2. The van der Waals surface area contributed by atoms with E-state index in [1.54, 1.807) is 0 Å². The van der Waals surface area contributed by atoms with E-state index < -0.39 is 0 Å². The summed E-state index contributed by atoms with van der Waals surface area (Å²) < 4.78 is 2.23. The number of nitrogens with zero attached hydrogens (tertiary/aromatic N) is 5. The van der Waals surface area contributed by atoms with Gasteiger partial charge in [0.1, 0.15) is 5.82 Å². The van der Waals surface area contributed by atoms with Gasteiger partial charge in [0.2, 0.25) is 0 Å². The Morgan fingerprint density at radius 2 is 1.74 bits per heavy atom. The van der Waals surface area contributed by atoms with E-state index in [2.05, 4.69) is 85.9 Å². The highest BCUT2D eigenvalue weighted by molar-refractivity contribution is 5.53. The molecule has 2 aliphatic heterocycles. The molecule has 5 heteroatoms. The van der Waals surface area contributed by atoms with Crippen molar-refractivity contribution in [2.45, 2.75) is 32.4 Å². The van der Waals surface area contributed by atoms with Crippen LogP contribution in [0, 0.1) is 6.92 Å². The molecule has 0 spiro atoms. The molecule has 0 saturated carbocycles. The molecule has 0 radical (unpaired) electrons. The number of pyridine rings is 1. The average Bonchev–Trinajstić information content (AvgIpc) is 3.28. The number of hydrogen-bond acceptors (Lipinski definition) is 4. The number of para-hydroxylation sites is 1. The summed E-state index contributed by atoms with van der Waals surface area (Å²) in [4.78, 5) is 12.5. The van der Waals surface area contributed by atoms with Crippen LogP contribution in [0.25, 0.3) is 5.82 Å². The topological polar surface area (TPSA) is 27.5 Å². The Hall–Kier alpha value is -2.63. The molecule has 2 saturated heterocycles. The van der Waals surface area contributed by atoms with Crippen LogP contribution in [-0.4, -0.2) is 64.7 Å². The summed E-state index contributed by atoms with van der Waals surface area (Å²) in [5.74, 6) is 1.00. The minimum absolute atomic E-state index is 0.672. The maximum atomic E-state index is 4.53. The summed E-state index contributed by atoms with van der Waals surface area (Å²) in [7, 11) is 0. The van der Waals surface area contributed by atoms with Crippen molar-refractivity contribution >= 4 is 5.69 Å². The van der Waals surface area contributed by atoms with Crippen molar-refractivity contribution in [2.24, 2.45) is 0 Å². The fourth-order valence-corrected chi connectivity index (χ4v) is 5.21. The van der Waals surface area contributed by atoms with Crippen LogP contribution >= 0.6 is 0 Å². The van der Waals surface area contributed by atoms with Crippen molar-refractivity contribution in [1.29, 1.82) is 0 Å². The van der Waals surface area contributed by atoms with Gasteiger partial charge < -0.3 is 9.47 Å². The van der Waals surface area contributed by atoms with E-state index in [0.717, 1.165) is 45.1 Å². The number of anilines is 1. The first kappa shape index (κ1) is 20.3. The first-order valence-corrected chi connectivity index (χ1v) is 11.6. The molecular formula is C26H33N5. The molecule has 0 bridgehead atoms. The van der Waals surface area contributed by atoms with Gasteiger partial charge in [-0.2, -0.15) is 0 Å². The summed E-state index contributed by atoms with van der Waals surface area (Å²) in [6.45, 7) is 10.2. The fraction of sp³-hybridized carbons (Fsp3) is 0.423. The second-order valence-corrected chi connectivity index (χ2v) is 8.90. The van der Waals surface area contributed by atoms with Crippen molar-refractivity contribution in [3.63, 3.8) is 0 Å². The van der Waals surface area contributed by atoms with Gasteiger partial charge in [-0.15, -0.1) is 0 Å². The van der Waals surface area contributed by atoms with Crippen molar-refractivity contribution in [2.75, 3.05) is 44.2 Å². The third kappa shape index (κ3) is 4.53. The Labute approximate surface area is 185 Å². The van der Waals surface area contributed by atoms with E-state index in [1.807, 2.05) is 12.3 Å². The van der Waals surface area contributed by atoms with E-state index in [0.29, 0.717) is 6.04 Å². The molecule has 31 heavy (non-hydrogen) atoms. The molecule has 0 amide bonds. The van der Waals surface area contributed by atoms with Crippen LogP contribution in [0.3, 0.4) is 0 Å². The summed E-state index contributed by atoms with van der Waals surface area (Å²) >= 11 is 0. The van der Waals surface area contributed by atoms with Gasteiger partial charge in [-0.3, -0.25) is 9.80 Å². The normalized spacial score (nSPS) is 20.8. The Bertz CT molecular complexity index is 974. The van der Waals surface area contributed by atoms with Gasteiger partial charge in [-0.1, -0.05) is 24.3 Å². The summed E-state index contributed by atoms with van der Waals surface area (Å²) in [5, 5.41) is 0. The third-order valence-electron chi connectivity index (χ3n) is 6.88. The monoisotopic (exact) mass is 415 g/mol. The molecule has 5 nitrogen and oxygen atoms in total. The Kier molecular flexibility index (Phi) is 6.05. The molecule has 1 aromatic carbocycles. The number of piperidine rings is 1. The van der Waals surface area contributed by atoms with Crippen LogP contribution in [0.5, 0.6) is 0 Å². The third-order valence-corrected chi connectivity index (χ3v) is 6.88. The predicted octanol–water partition coefficient (Wildman–Crippen LogP) is 3.97. The lowest BCUT2D eigenvalue weighted by molar-refractivity contribution is 0.0878. The molecule has 5 rings (SSSR count). The minimum atomic E-state index is 0.672. The zero-order chi connectivity index (χ0) is 21.0. The van der Waals surface area contributed by atoms with E-state index in [4.69, 9.17) is 0 Å². The SMILES string of the molecule is Cc1ccccc1N1CCN([C@H]2CCCN(Cc3cccn3-c3ccccn3)C2)CC1. The molecule has 0 aliphatic carbocycles. The van der Waals surface area contributed by atoms with Gasteiger partial charge in [0.05, 0.1) is 0 Å². The smallest absolute Gasteiger partial charge is 0.136 e. The molecule has 1 atom stereocenters. The van der Waals surface area contributed by atoms with Crippen LogP contribution in [-0.2, 0) is 6.54 Å². The Morgan fingerprint density at radius 1 is 0.903 bits per heavy atom. The molecule has 4 heterocycles. The molecule has 0 unspecified atom stereocenters. The Balaban J connectivity index is 1.19. The second-order valence-electron chi connectivity index (χ2n) is 8.90. The van der Waals surface area contributed by atoms with E-state index in [1.165, 1.54) is 36.3 Å². The van der Waals surface area contributed by atoms with Gasteiger partial charge in [0.15, 0.2) is 0 Å². The second kappa shape index (κ2) is 9.25. The zero-order valence-corrected chi connectivity index (χ0v) is 18.5. The number of likely N-dealkylation sites (tertiary alicyclic amines) is 1. The highest BCUT2D eigenvalue weighted by atomic mass is 15.3. The highest BCUT2D eigenvalue weighted by Gasteiger charge is 2.28. The summed E-state index contributed by atoms with van der Waals surface area (Å²) in [6.07, 6.45) is 6.60. The fourth-order valence-electron chi connectivity index (χ4n) is 5.21. The van der Waals surface area contributed by atoms with Crippen LogP contribution in [0.1, 0.15) is 24.1 Å². The molecule has 3 aromatic rings. The van der Waals surface area contributed by atoms with E-state index in [-0.39, 0.29) is 0 Å². The Morgan fingerprint density at radius 3 is 2.55 bits per heavy atom. The van der Waals surface area contributed by atoms with E-state index >= 15 is 0 Å². The van der Waals surface area contributed by atoms with Crippen LogP contribution in [0.2, 0.25) is 0 Å². The molecule has 2 aliphatic rings. The van der Waals surface area contributed by atoms with Crippen molar-refractivity contribution in [1.82, 2.24) is 19.4 Å². The molecule has 0 N–H and O–H groups in total. The van der Waals surface area contributed by atoms with E-state index in [9.17, 15) is 0 Å². The summed E-state index contributed by atoms with van der Waals surface area (Å²) in [5.41, 5.74) is 4.11. The zero-order valence-electron chi connectivity index (χ0n) is 18.5. The highest BCUT2D eigenvalue weighted by Crippen LogP contribution is 2.24. The molecule has 2 aromatic heterocycles. The standard InChI is InChI=1S/C26H33N5/c1-22-8-2-3-11-25(22)30-18-16-29(17-19-30)23-9-6-14-28(20-23)21-24-10-7-15-31(24)26-12-4-5-13-27-26/h2-5,7-8,10-13,15,23H,6,9,14,16-21H2,1H3/t23-/m0/s1. The van der Waals surface area contributed by atoms with Gasteiger partial charge >= 0.3 is 0 Å². The number of benzene rings is 1. The quantitative estimate of drug-likeness (QED) is 0.630. The first-order valence-electron chi connectivity index (χ1n) is 11.6. The number of piperazine rings is 1. The number of aryl methyl sites for hydroxylation is 1. The first-order chi connectivity index (χ1) is 15.3. The van der Waals surface area contributed by atoms with Gasteiger partial charge in [-0.05, 0) is 62.2 Å².